The van der Waals surface area contributed by atoms with E-state index in [9.17, 15) is 9.90 Å². The fourth-order valence-electron chi connectivity index (χ4n) is 1.72. The number of aromatic nitrogens is 3. The standard InChI is InChI=1S/C13H16N4O2/c1-9-14-12(16-15-9)8-17(2)13(19)7-10-5-3-4-6-11(10)18/h3-6,18H,7-8H2,1-2H3,(H,14,15,16). The lowest BCUT2D eigenvalue weighted by Crippen LogP contribution is -2.28. The van der Waals surface area contributed by atoms with Gasteiger partial charge in [-0.3, -0.25) is 9.89 Å². The normalized spacial score (nSPS) is 10.4. The molecule has 0 spiro atoms. The molecule has 1 heterocycles. The van der Waals surface area contributed by atoms with Gasteiger partial charge in [-0.25, -0.2) is 4.98 Å². The lowest BCUT2D eigenvalue weighted by Gasteiger charge is -2.15. The van der Waals surface area contributed by atoms with Gasteiger partial charge in [0.15, 0.2) is 5.82 Å². The molecular formula is C13H16N4O2. The molecule has 19 heavy (non-hydrogen) atoms. The van der Waals surface area contributed by atoms with Crippen molar-refractivity contribution >= 4 is 5.91 Å². The smallest absolute Gasteiger partial charge is 0.227 e. The van der Waals surface area contributed by atoms with Crippen LogP contribution in [-0.2, 0) is 17.8 Å². The predicted molar refractivity (Wildman–Crippen MR) is 69.4 cm³/mol. The zero-order valence-electron chi connectivity index (χ0n) is 10.9. The number of para-hydroxylation sites is 1. The van der Waals surface area contributed by atoms with Crippen molar-refractivity contribution in [3.8, 4) is 5.75 Å². The molecule has 0 bridgehead atoms. The van der Waals surface area contributed by atoms with Crippen molar-refractivity contribution in [1.29, 1.82) is 0 Å². The van der Waals surface area contributed by atoms with Crippen molar-refractivity contribution in [2.24, 2.45) is 0 Å². The summed E-state index contributed by atoms with van der Waals surface area (Å²) in [4.78, 5) is 17.7. The molecule has 0 aliphatic rings. The minimum Gasteiger partial charge on any atom is -0.508 e. The molecule has 1 aromatic heterocycles. The van der Waals surface area contributed by atoms with Crippen molar-refractivity contribution in [1.82, 2.24) is 20.1 Å². The minimum absolute atomic E-state index is 0.0936. The highest BCUT2D eigenvalue weighted by Crippen LogP contribution is 2.16. The second kappa shape index (κ2) is 5.51. The number of benzene rings is 1. The molecule has 100 valence electrons. The SMILES string of the molecule is Cc1nc(CN(C)C(=O)Cc2ccccc2O)n[nH]1. The number of hydrogen-bond donors (Lipinski definition) is 2. The van der Waals surface area contributed by atoms with Gasteiger partial charge in [-0.1, -0.05) is 18.2 Å². The van der Waals surface area contributed by atoms with Crippen LogP contribution in [-0.4, -0.2) is 38.1 Å². The number of phenols is 1. The van der Waals surface area contributed by atoms with Gasteiger partial charge in [0.1, 0.15) is 11.6 Å². The van der Waals surface area contributed by atoms with E-state index in [0.717, 1.165) is 5.82 Å². The van der Waals surface area contributed by atoms with Crippen LogP contribution < -0.4 is 0 Å². The van der Waals surface area contributed by atoms with Gasteiger partial charge in [0.25, 0.3) is 0 Å². The topological polar surface area (TPSA) is 82.1 Å². The molecule has 0 radical (unpaired) electrons. The lowest BCUT2D eigenvalue weighted by molar-refractivity contribution is -0.129. The summed E-state index contributed by atoms with van der Waals surface area (Å²) in [6, 6.07) is 6.82. The van der Waals surface area contributed by atoms with Crippen molar-refractivity contribution in [2.75, 3.05) is 7.05 Å². The van der Waals surface area contributed by atoms with E-state index in [1.54, 1.807) is 38.2 Å². The molecule has 0 aliphatic heterocycles. The van der Waals surface area contributed by atoms with E-state index >= 15 is 0 Å². The average molecular weight is 260 g/mol. The zero-order chi connectivity index (χ0) is 13.8. The maximum Gasteiger partial charge on any atom is 0.227 e. The van der Waals surface area contributed by atoms with E-state index < -0.39 is 0 Å². The number of aromatic amines is 1. The number of rotatable bonds is 4. The molecule has 0 saturated carbocycles. The minimum atomic E-state index is -0.0936. The molecule has 6 nitrogen and oxygen atoms in total. The van der Waals surface area contributed by atoms with E-state index in [1.807, 2.05) is 0 Å². The maximum atomic E-state index is 12.0. The highest BCUT2D eigenvalue weighted by atomic mass is 16.3. The number of aromatic hydroxyl groups is 1. The second-order valence-electron chi connectivity index (χ2n) is 4.39. The summed E-state index contributed by atoms with van der Waals surface area (Å²) in [6.45, 7) is 2.15. The Hall–Kier alpha value is -2.37. The van der Waals surface area contributed by atoms with Crippen LogP contribution in [0.1, 0.15) is 17.2 Å². The molecule has 2 N–H and O–H groups in total. The molecule has 0 saturated heterocycles. The zero-order valence-corrected chi connectivity index (χ0v) is 10.9. The molecular weight excluding hydrogens is 244 g/mol. The van der Waals surface area contributed by atoms with Crippen LogP contribution in [0.4, 0.5) is 0 Å². The van der Waals surface area contributed by atoms with Gasteiger partial charge in [0, 0.05) is 12.6 Å². The Balaban J connectivity index is 1.98. The van der Waals surface area contributed by atoms with Crippen LogP contribution in [0.3, 0.4) is 0 Å². The van der Waals surface area contributed by atoms with Crippen molar-refractivity contribution in [3.63, 3.8) is 0 Å². The number of phenolic OH excluding ortho intramolecular Hbond substituents is 1. The number of aryl methyl sites for hydroxylation is 1. The van der Waals surface area contributed by atoms with Crippen LogP contribution in [0.5, 0.6) is 5.75 Å². The number of nitrogens with one attached hydrogen (secondary N) is 1. The molecule has 2 aromatic rings. The molecule has 0 atom stereocenters. The molecule has 0 unspecified atom stereocenters. The van der Waals surface area contributed by atoms with E-state index in [-0.39, 0.29) is 18.1 Å². The van der Waals surface area contributed by atoms with Crippen molar-refractivity contribution in [3.05, 3.63) is 41.5 Å². The summed E-state index contributed by atoms with van der Waals surface area (Å²) in [5.41, 5.74) is 0.616. The molecule has 0 fully saturated rings. The van der Waals surface area contributed by atoms with Crippen LogP contribution in [0, 0.1) is 6.92 Å². The van der Waals surface area contributed by atoms with Crippen LogP contribution in [0.15, 0.2) is 24.3 Å². The highest BCUT2D eigenvalue weighted by Gasteiger charge is 2.14. The quantitative estimate of drug-likeness (QED) is 0.859. The van der Waals surface area contributed by atoms with E-state index in [0.29, 0.717) is 17.9 Å². The molecule has 1 aromatic carbocycles. The number of likely N-dealkylation sites (N-methyl/N-ethyl adjacent to an activating group) is 1. The Morgan fingerprint density at radius 2 is 2.16 bits per heavy atom. The largest absolute Gasteiger partial charge is 0.508 e. The number of carbonyl (C=O) groups excluding carboxylic acids is 1. The third-order valence-electron chi connectivity index (χ3n) is 2.78. The van der Waals surface area contributed by atoms with Gasteiger partial charge >= 0.3 is 0 Å². The third-order valence-corrected chi connectivity index (χ3v) is 2.78. The molecule has 2 rings (SSSR count). The van der Waals surface area contributed by atoms with Gasteiger partial charge < -0.3 is 10.0 Å². The Kier molecular flexibility index (Phi) is 3.79. The van der Waals surface area contributed by atoms with Crippen LogP contribution >= 0.6 is 0 Å². The van der Waals surface area contributed by atoms with Crippen LogP contribution in [0.2, 0.25) is 0 Å². The number of H-pyrrole nitrogens is 1. The number of nitrogens with zero attached hydrogens (tertiary/aromatic N) is 3. The summed E-state index contributed by atoms with van der Waals surface area (Å²) in [5.74, 6) is 1.34. The predicted octanol–water partition coefficient (Wildman–Crippen LogP) is 1.02. The number of amides is 1. The molecule has 6 heteroatoms. The van der Waals surface area contributed by atoms with E-state index in [1.165, 1.54) is 4.90 Å². The molecule has 1 amide bonds. The second-order valence-corrected chi connectivity index (χ2v) is 4.39. The highest BCUT2D eigenvalue weighted by molar-refractivity contribution is 5.79. The van der Waals surface area contributed by atoms with Gasteiger partial charge in [-0.15, -0.1) is 0 Å². The molecule has 0 aliphatic carbocycles. The Bertz CT molecular complexity index is 580. The Labute approximate surface area is 111 Å². The van der Waals surface area contributed by atoms with E-state index in [2.05, 4.69) is 15.2 Å². The Morgan fingerprint density at radius 1 is 1.42 bits per heavy atom. The Morgan fingerprint density at radius 3 is 2.79 bits per heavy atom. The van der Waals surface area contributed by atoms with Crippen molar-refractivity contribution in [2.45, 2.75) is 19.9 Å². The summed E-state index contributed by atoms with van der Waals surface area (Å²) in [6.07, 6.45) is 0.159. The number of carbonyl (C=O) groups is 1. The third kappa shape index (κ3) is 3.31. The van der Waals surface area contributed by atoms with Gasteiger partial charge in [-0.2, -0.15) is 5.10 Å². The van der Waals surface area contributed by atoms with Crippen LogP contribution in [0.25, 0.3) is 0 Å². The summed E-state index contributed by atoms with van der Waals surface area (Å²) < 4.78 is 0. The van der Waals surface area contributed by atoms with Gasteiger partial charge in [0.05, 0.1) is 13.0 Å². The monoisotopic (exact) mass is 260 g/mol. The lowest BCUT2D eigenvalue weighted by atomic mass is 10.1. The first-order valence-electron chi connectivity index (χ1n) is 5.95. The summed E-state index contributed by atoms with van der Waals surface area (Å²) >= 11 is 0. The number of hydrogen-bond acceptors (Lipinski definition) is 4. The van der Waals surface area contributed by atoms with Gasteiger partial charge in [-0.05, 0) is 13.0 Å². The first-order valence-corrected chi connectivity index (χ1v) is 5.95. The van der Waals surface area contributed by atoms with Gasteiger partial charge in [0.2, 0.25) is 5.91 Å². The maximum absolute atomic E-state index is 12.0. The fraction of sp³-hybridized carbons (Fsp3) is 0.308. The average Bonchev–Trinajstić information content (AvgIpc) is 2.77. The first kappa shape index (κ1) is 13.1. The first-order chi connectivity index (χ1) is 9.06. The summed E-state index contributed by atoms with van der Waals surface area (Å²) in [7, 11) is 1.69. The van der Waals surface area contributed by atoms with E-state index in [4.69, 9.17) is 0 Å². The summed E-state index contributed by atoms with van der Waals surface area (Å²) in [5, 5.41) is 16.3. The fourth-order valence-corrected chi connectivity index (χ4v) is 1.72. The van der Waals surface area contributed by atoms with Crippen molar-refractivity contribution < 1.29 is 9.90 Å².